The fraction of sp³-hybridized carbons (Fsp3) is 0.167. The molecule has 0 atom stereocenters. The highest BCUT2D eigenvalue weighted by Gasteiger charge is 2.09. The fourth-order valence-electron chi connectivity index (χ4n) is 2.21. The van der Waals surface area contributed by atoms with Crippen LogP contribution in [0.1, 0.15) is 28.8 Å². The molecule has 0 aliphatic rings. The topological polar surface area (TPSA) is 86.4 Å². The van der Waals surface area contributed by atoms with E-state index < -0.39 is 6.09 Å². The Morgan fingerprint density at radius 1 is 1.23 bits per heavy atom. The molecule has 0 aliphatic heterocycles. The number of amides is 1. The summed E-state index contributed by atoms with van der Waals surface area (Å²) in [5.74, 6) is 0.360. The Balaban J connectivity index is 1.51. The molecule has 0 unspecified atom stereocenters. The van der Waals surface area contributed by atoms with Gasteiger partial charge >= 0.3 is 6.09 Å². The molecule has 7 nitrogen and oxygen atoms in total. The van der Waals surface area contributed by atoms with Gasteiger partial charge in [-0.15, -0.1) is 0 Å². The van der Waals surface area contributed by atoms with Crippen molar-refractivity contribution in [3.63, 3.8) is 0 Å². The van der Waals surface area contributed by atoms with E-state index in [9.17, 15) is 14.0 Å². The number of furan rings is 1. The quantitative estimate of drug-likeness (QED) is 0.681. The van der Waals surface area contributed by atoms with Crippen LogP contribution in [0.3, 0.4) is 0 Å². The lowest BCUT2D eigenvalue weighted by atomic mass is 10.2. The van der Waals surface area contributed by atoms with Crippen molar-refractivity contribution < 1.29 is 23.1 Å². The third-order valence-corrected chi connectivity index (χ3v) is 3.49. The van der Waals surface area contributed by atoms with Gasteiger partial charge in [0.05, 0.1) is 18.4 Å². The maximum Gasteiger partial charge on any atom is 0.412 e. The number of nitrogens with one attached hydrogen (secondary N) is 1. The molecule has 26 heavy (non-hydrogen) atoms. The molecule has 2 heterocycles. The minimum absolute atomic E-state index is 0.0282. The molecule has 0 aliphatic carbocycles. The van der Waals surface area contributed by atoms with E-state index in [1.807, 2.05) is 0 Å². The summed E-state index contributed by atoms with van der Waals surface area (Å²) in [5, 5.41) is 6.66. The van der Waals surface area contributed by atoms with Gasteiger partial charge in [-0.05, 0) is 29.8 Å². The van der Waals surface area contributed by atoms with Crippen molar-refractivity contribution in [2.75, 3.05) is 5.32 Å². The molecule has 0 bridgehead atoms. The highest BCUT2D eigenvalue weighted by molar-refractivity contribution is 5.91. The zero-order valence-electron chi connectivity index (χ0n) is 13.9. The molecule has 0 spiro atoms. The predicted octanol–water partition coefficient (Wildman–Crippen LogP) is 3.61. The Hall–Kier alpha value is -3.42. The Morgan fingerprint density at radius 3 is 2.69 bits per heavy atom. The normalized spacial score (nSPS) is 10.5. The van der Waals surface area contributed by atoms with Crippen molar-refractivity contribution in [3.05, 3.63) is 71.7 Å². The smallest absolute Gasteiger partial charge is 0.412 e. The lowest BCUT2D eigenvalue weighted by Gasteiger charge is -2.05. The minimum Gasteiger partial charge on any atom is -0.456 e. The Kier molecular flexibility index (Phi) is 5.12. The molecular formula is C18H16FN3O4. The van der Waals surface area contributed by atoms with Crippen LogP contribution in [0.15, 0.2) is 53.2 Å². The maximum atomic E-state index is 12.8. The molecule has 0 saturated heterocycles. The molecule has 2 aromatic heterocycles. The molecule has 134 valence electrons. The van der Waals surface area contributed by atoms with Crippen molar-refractivity contribution in [1.82, 2.24) is 9.78 Å². The first-order valence-corrected chi connectivity index (χ1v) is 7.80. The van der Waals surface area contributed by atoms with Gasteiger partial charge in [-0.3, -0.25) is 14.8 Å². The molecule has 0 fully saturated rings. The maximum absolute atomic E-state index is 12.8. The van der Waals surface area contributed by atoms with E-state index in [0.717, 1.165) is 0 Å². The third kappa shape index (κ3) is 4.56. The SMILES string of the molecule is CC(=O)c1ccc(Cn2cc(NC(=O)OCc3ccc(F)cc3)cn2)o1. The van der Waals surface area contributed by atoms with Crippen LogP contribution < -0.4 is 5.32 Å². The fourth-order valence-corrected chi connectivity index (χ4v) is 2.21. The molecule has 1 aromatic carbocycles. The van der Waals surface area contributed by atoms with Gasteiger partial charge in [0.2, 0.25) is 0 Å². The zero-order valence-corrected chi connectivity index (χ0v) is 13.9. The summed E-state index contributed by atoms with van der Waals surface area (Å²) in [7, 11) is 0. The number of carbonyl (C=O) groups excluding carboxylic acids is 2. The second kappa shape index (κ2) is 7.64. The van der Waals surface area contributed by atoms with E-state index in [2.05, 4.69) is 10.4 Å². The number of carbonyl (C=O) groups is 2. The molecule has 0 radical (unpaired) electrons. The summed E-state index contributed by atoms with van der Waals surface area (Å²) in [4.78, 5) is 23.0. The molecule has 3 aromatic rings. The van der Waals surface area contributed by atoms with Gasteiger partial charge in [0.1, 0.15) is 18.2 Å². The van der Waals surface area contributed by atoms with Crippen molar-refractivity contribution in [1.29, 1.82) is 0 Å². The number of aromatic nitrogens is 2. The zero-order chi connectivity index (χ0) is 18.5. The number of hydrogen-bond acceptors (Lipinski definition) is 5. The van der Waals surface area contributed by atoms with E-state index in [1.54, 1.807) is 35.1 Å². The van der Waals surface area contributed by atoms with Crippen molar-refractivity contribution in [2.45, 2.75) is 20.1 Å². The van der Waals surface area contributed by atoms with E-state index in [4.69, 9.17) is 9.15 Å². The Morgan fingerprint density at radius 2 is 2.00 bits per heavy atom. The second-order valence-electron chi connectivity index (χ2n) is 5.58. The number of anilines is 1. The summed E-state index contributed by atoms with van der Waals surface area (Å²) in [6.07, 6.45) is 2.43. The van der Waals surface area contributed by atoms with Crippen LogP contribution in [-0.2, 0) is 17.9 Å². The van der Waals surface area contributed by atoms with Crippen LogP contribution in [-0.4, -0.2) is 21.7 Å². The van der Waals surface area contributed by atoms with Crippen LogP contribution >= 0.6 is 0 Å². The van der Waals surface area contributed by atoms with Gasteiger partial charge in [-0.25, -0.2) is 9.18 Å². The number of halogens is 1. The number of ether oxygens (including phenoxy) is 1. The summed E-state index contributed by atoms with van der Waals surface area (Å²) in [6.45, 7) is 1.77. The highest BCUT2D eigenvalue weighted by atomic mass is 19.1. The van der Waals surface area contributed by atoms with Gasteiger partial charge in [0.15, 0.2) is 11.5 Å². The predicted molar refractivity (Wildman–Crippen MR) is 90.2 cm³/mol. The molecule has 1 N–H and O–H groups in total. The second-order valence-corrected chi connectivity index (χ2v) is 5.58. The molecule has 8 heteroatoms. The summed E-state index contributed by atoms with van der Waals surface area (Å²) in [5.41, 5.74) is 1.13. The average Bonchev–Trinajstić information content (AvgIpc) is 3.24. The summed E-state index contributed by atoms with van der Waals surface area (Å²) >= 11 is 0. The Labute approximate surface area is 148 Å². The van der Waals surface area contributed by atoms with Crippen LogP contribution in [0, 0.1) is 5.82 Å². The van der Waals surface area contributed by atoms with E-state index >= 15 is 0 Å². The van der Waals surface area contributed by atoms with Gasteiger partial charge in [-0.2, -0.15) is 5.10 Å². The average molecular weight is 357 g/mol. The number of Topliss-reactive ketones (excluding diaryl/α,β-unsaturated/α-hetero) is 1. The summed E-state index contributed by atoms with van der Waals surface area (Å²) < 4.78 is 24.8. The van der Waals surface area contributed by atoms with Gasteiger partial charge < -0.3 is 9.15 Å². The van der Waals surface area contributed by atoms with E-state index in [1.165, 1.54) is 25.3 Å². The standard InChI is InChI=1S/C18H16FN3O4/c1-12(23)17-7-6-16(26-17)10-22-9-15(8-20-22)21-18(24)25-11-13-2-4-14(19)5-3-13/h2-9H,10-11H2,1H3,(H,21,24). The first kappa shape index (κ1) is 17.4. The lowest BCUT2D eigenvalue weighted by molar-refractivity contribution is 0.0985. The molecule has 1 amide bonds. The van der Waals surface area contributed by atoms with Crippen LogP contribution in [0.25, 0.3) is 0 Å². The highest BCUT2D eigenvalue weighted by Crippen LogP contribution is 2.12. The van der Waals surface area contributed by atoms with Crippen molar-refractivity contribution in [3.8, 4) is 0 Å². The van der Waals surface area contributed by atoms with Crippen LogP contribution in [0.5, 0.6) is 0 Å². The summed E-state index contributed by atoms with van der Waals surface area (Å²) in [6, 6.07) is 8.98. The first-order chi connectivity index (χ1) is 12.5. The van der Waals surface area contributed by atoms with E-state index in [0.29, 0.717) is 23.6 Å². The van der Waals surface area contributed by atoms with Crippen LogP contribution in [0.2, 0.25) is 0 Å². The van der Waals surface area contributed by atoms with Gasteiger partial charge in [0.25, 0.3) is 0 Å². The lowest BCUT2D eigenvalue weighted by Crippen LogP contribution is -2.13. The number of nitrogens with zero attached hydrogens (tertiary/aromatic N) is 2. The van der Waals surface area contributed by atoms with Gasteiger partial charge in [0, 0.05) is 13.1 Å². The number of hydrogen-bond donors (Lipinski definition) is 1. The van der Waals surface area contributed by atoms with Crippen LogP contribution in [0.4, 0.5) is 14.9 Å². The third-order valence-electron chi connectivity index (χ3n) is 3.49. The van der Waals surface area contributed by atoms with E-state index in [-0.39, 0.29) is 24.0 Å². The molecular weight excluding hydrogens is 341 g/mol. The number of ketones is 1. The van der Waals surface area contributed by atoms with Crippen molar-refractivity contribution >= 4 is 17.6 Å². The van der Waals surface area contributed by atoms with Crippen molar-refractivity contribution in [2.24, 2.45) is 0 Å². The number of rotatable bonds is 6. The largest absolute Gasteiger partial charge is 0.456 e. The minimum atomic E-state index is -0.647. The first-order valence-electron chi connectivity index (χ1n) is 7.80. The molecule has 0 saturated carbocycles. The van der Waals surface area contributed by atoms with Gasteiger partial charge in [-0.1, -0.05) is 12.1 Å². The monoisotopic (exact) mass is 357 g/mol. The number of benzene rings is 1. The molecule has 3 rings (SSSR count). The Bertz CT molecular complexity index is 915.